The van der Waals surface area contributed by atoms with Crippen LogP contribution in [0.2, 0.25) is 0 Å². The molecule has 4 nitrogen and oxygen atoms in total. The van der Waals surface area contributed by atoms with Crippen LogP contribution in [0.1, 0.15) is 0 Å². The highest BCUT2D eigenvalue weighted by Crippen LogP contribution is 2.45. The lowest BCUT2D eigenvalue weighted by molar-refractivity contribution is 1.01. The van der Waals surface area contributed by atoms with Crippen molar-refractivity contribution in [3.8, 4) is 61.0 Å². The average Bonchev–Trinajstić information content (AvgIpc) is 4.04. The highest BCUT2D eigenvalue weighted by atomic mass is 32.1. The first kappa shape index (κ1) is 36.5. The van der Waals surface area contributed by atoms with Crippen LogP contribution in [0.3, 0.4) is 0 Å². The average molecular weight is 835 g/mol. The van der Waals surface area contributed by atoms with E-state index in [2.05, 4.69) is 229 Å². The number of aromatic nitrogens is 4. The summed E-state index contributed by atoms with van der Waals surface area (Å²) in [5, 5.41) is 7.27. The molecular weight excluding hydrogens is 797 g/mol. The summed E-state index contributed by atoms with van der Waals surface area (Å²) >= 11 is 1.75. The minimum Gasteiger partial charge on any atom is -0.344 e. The molecule has 0 saturated heterocycles. The summed E-state index contributed by atoms with van der Waals surface area (Å²) in [6.45, 7) is 0. The SMILES string of the molecule is Cn1c2ccccc2c2cc(-c3cccc(-c4ccc5c(c4)c4c6ccccc6cc(-c6ccccc6)c4n5-c4nc(-c5ccccc5)c5sc(-c6ccccc6)cc5n4)c3)ccc21. The number of thiophene rings is 1. The van der Waals surface area contributed by atoms with Crippen LogP contribution in [0, 0.1) is 0 Å². The van der Waals surface area contributed by atoms with E-state index < -0.39 is 0 Å². The third-order valence-electron chi connectivity index (χ3n) is 12.9. The van der Waals surface area contributed by atoms with Crippen molar-refractivity contribution in [2.24, 2.45) is 7.05 Å². The molecule has 0 spiro atoms. The molecule has 0 N–H and O–H groups in total. The maximum Gasteiger partial charge on any atom is 0.235 e. The molecule has 4 heterocycles. The standard InChI is InChI=1S/C59H38N4S/c1-62-51-27-14-13-26-46(51)48-33-42(28-30-52(48)62)40-23-15-24-41(32-40)43-29-31-53-49(34-43)55-45-25-12-11-22-44(45)35-47(37-16-5-2-6-17-37)57(55)63(53)59-60-50-36-54(38-18-7-3-8-19-38)64-58(50)56(61-59)39-20-9-4-10-21-39/h2-36H,1H3. The summed E-state index contributed by atoms with van der Waals surface area (Å²) < 4.78 is 5.69. The summed E-state index contributed by atoms with van der Waals surface area (Å²) in [6.07, 6.45) is 0. The van der Waals surface area contributed by atoms with Crippen LogP contribution >= 0.6 is 11.3 Å². The van der Waals surface area contributed by atoms with E-state index >= 15 is 0 Å². The minimum absolute atomic E-state index is 0.648. The number of para-hydroxylation sites is 1. The second-order valence-corrected chi connectivity index (χ2v) is 17.7. The Balaban J connectivity index is 1.07. The van der Waals surface area contributed by atoms with E-state index in [1.165, 1.54) is 59.5 Å². The molecule has 0 unspecified atom stereocenters. The lowest BCUT2D eigenvalue weighted by atomic mass is 9.94. The smallest absolute Gasteiger partial charge is 0.235 e. The van der Waals surface area contributed by atoms with Gasteiger partial charge >= 0.3 is 0 Å². The van der Waals surface area contributed by atoms with Crippen molar-refractivity contribution in [1.29, 1.82) is 0 Å². The highest BCUT2D eigenvalue weighted by molar-refractivity contribution is 7.22. The predicted octanol–water partition coefficient (Wildman–Crippen LogP) is 15.9. The molecule has 300 valence electrons. The fourth-order valence-electron chi connectivity index (χ4n) is 9.90. The summed E-state index contributed by atoms with van der Waals surface area (Å²) in [7, 11) is 2.15. The molecule has 13 rings (SSSR count). The van der Waals surface area contributed by atoms with Crippen LogP contribution in [-0.4, -0.2) is 19.1 Å². The topological polar surface area (TPSA) is 35.6 Å². The number of benzene rings is 9. The van der Waals surface area contributed by atoms with Crippen LogP contribution in [0.15, 0.2) is 212 Å². The van der Waals surface area contributed by atoms with E-state index in [-0.39, 0.29) is 0 Å². The first-order valence-electron chi connectivity index (χ1n) is 21.7. The van der Waals surface area contributed by atoms with Gasteiger partial charge in [0.1, 0.15) is 0 Å². The number of rotatable bonds is 6. The maximum absolute atomic E-state index is 5.56. The third kappa shape index (κ3) is 5.75. The van der Waals surface area contributed by atoms with E-state index in [4.69, 9.17) is 9.97 Å². The van der Waals surface area contributed by atoms with Gasteiger partial charge < -0.3 is 4.57 Å². The van der Waals surface area contributed by atoms with Crippen LogP contribution < -0.4 is 0 Å². The number of nitrogens with zero attached hydrogens (tertiary/aromatic N) is 4. The number of hydrogen-bond donors (Lipinski definition) is 0. The molecule has 13 aromatic rings. The van der Waals surface area contributed by atoms with Gasteiger partial charge in [-0.3, -0.25) is 4.57 Å². The largest absolute Gasteiger partial charge is 0.344 e. The summed E-state index contributed by atoms with van der Waals surface area (Å²) in [5.41, 5.74) is 15.7. The van der Waals surface area contributed by atoms with E-state index in [9.17, 15) is 0 Å². The first-order chi connectivity index (χ1) is 31.6. The van der Waals surface area contributed by atoms with Crippen LogP contribution in [0.25, 0.3) is 126 Å². The van der Waals surface area contributed by atoms with Crippen molar-refractivity contribution >= 4 is 75.9 Å². The number of fused-ring (bicyclic) bond motifs is 9. The van der Waals surface area contributed by atoms with Gasteiger partial charge in [0.05, 0.1) is 26.9 Å². The molecule has 0 aliphatic rings. The Kier molecular flexibility index (Phi) is 8.27. The van der Waals surface area contributed by atoms with Crippen molar-refractivity contribution in [3.63, 3.8) is 0 Å². The minimum atomic E-state index is 0.648. The molecule has 0 amide bonds. The van der Waals surface area contributed by atoms with Crippen molar-refractivity contribution in [2.45, 2.75) is 0 Å². The van der Waals surface area contributed by atoms with E-state index in [1.54, 1.807) is 11.3 Å². The second-order valence-electron chi connectivity index (χ2n) is 16.6. The summed E-state index contributed by atoms with van der Waals surface area (Å²) in [6, 6.07) is 76.7. The van der Waals surface area contributed by atoms with Gasteiger partial charge in [0.25, 0.3) is 0 Å². The Hall–Kier alpha value is -8.12. The molecule has 0 fully saturated rings. The van der Waals surface area contributed by atoms with Gasteiger partial charge in [-0.05, 0) is 92.7 Å². The monoisotopic (exact) mass is 834 g/mol. The Bertz CT molecular complexity index is 3950. The van der Waals surface area contributed by atoms with E-state index in [0.717, 1.165) is 60.1 Å². The van der Waals surface area contributed by atoms with Gasteiger partial charge in [0.15, 0.2) is 0 Å². The van der Waals surface area contributed by atoms with Crippen LogP contribution in [-0.2, 0) is 7.05 Å². The van der Waals surface area contributed by atoms with Crippen molar-refractivity contribution in [3.05, 3.63) is 212 Å². The molecule has 0 saturated carbocycles. The second kappa shape index (κ2) is 14.5. The molecule has 4 aromatic heterocycles. The van der Waals surface area contributed by atoms with Crippen molar-refractivity contribution in [2.75, 3.05) is 0 Å². The van der Waals surface area contributed by atoms with Gasteiger partial charge in [-0.15, -0.1) is 11.3 Å². The lowest BCUT2D eigenvalue weighted by Gasteiger charge is -2.13. The van der Waals surface area contributed by atoms with Gasteiger partial charge in [-0.25, -0.2) is 9.97 Å². The Labute approximate surface area is 373 Å². The van der Waals surface area contributed by atoms with Crippen molar-refractivity contribution < 1.29 is 0 Å². The van der Waals surface area contributed by atoms with E-state index in [1.807, 2.05) is 0 Å². The zero-order valence-corrected chi connectivity index (χ0v) is 35.7. The molecule has 0 aliphatic carbocycles. The number of aryl methyl sites for hydroxylation is 1. The Morgan fingerprint density at radius 3 is 1.73 bits per heavy atom. The fraction of sp³-hybridized carbons (Fsp3) is 0.0169. The van der Waals surface area contributed by atoms with Gasteiger partial charge in [-0.2, -0.15) is 0 Å². The Morgan fingerprint density at radius 1 is 0.406 bits per heavy atom. The maximum atomic E-state index is 5.56. The zero-order valence-electron chi connectivity index (χ0n) is 34.9. The fourth-order valence-corrected chi connectivity index (χ4v) is 11.0. The molecule has 5 heteroatoms. The zero-order chi connectivity index (χ0) is 42.3. The normalized spacial score (nSPS) is 11.8. The first-order valence-corrected chi connectivity index (χ1v) is 22.5. The highest BCUT2D eigenvalue weighted by Gasteiger charge is 2.24. The molecule has 0 radical (unpaired) electrons. The third-order valence-corrected chi connectivity index (χ3v) is 14.1. The van der Waals surface area contributed by atoms with Gasteiger partial charge in [0.2, 0.25) is 5.95 Å². The van der Waals surface area contributed by atoms with Crippen molar-refractivity contribution in [1.82, 2.24) is 19.1 Å². The summed E-state index contributed by atoms with van der Waals surface area (Å²) in [4.78, 5) is 12.2. The molecule has 0 bridgehead atoms. The lowest BCUT2D eigenvalue weighted by Crippen LogP contribution is -2.03. The predicted molar refractivity (Wildman–Crippen MR) is 270 cm³/mol. The molecular formula is C59H38N4S. The molecule has 9 aromatic carbocycles. The van der Waals surface area contributed by atoms with E-state index in [0.29, 0.717) is 5.95 Å². The van der Waals surface area contributed by atoms with Crippen LogP contribution in [0.5, 0.6) is 0 Å². The molecule has 0 aliphatic heterocycles. The molecule has 0 atom stereocenters. The number of hydrogen-bond acceptors (Lipinski definition) is 3. The quantitative estimate of drug-likeness (QED) is 0.167. The van der Waals surface area contributed by atoms with Gasteiger partial charge in [0, 0.05) is 55.6 Å². The Morgan fingerprint density at radius 2 is 0.984 bits per heavy atom. The summed E-state index contributed by atoms with van der Waals surface area (Å²) in [5.74, 6) is 0.648. The van der Waals surface area contributed by atoms with Gasteiger partial charge in [-0.1, -0.05) is 164 Å². The molecule has 64 heavy (non-hydrogen) atoms. The van der Waals surface area contributed by atoms with Crippen LogP contribution in [0.4, 0.5) is 0 Å².